The lowest BCUT2D eigenvalue weighted by atomic mass is 9.88. The first kappa shape index (κ1) is 17.2. The maximum atomic E-state index is 5.73. The van der Waals surface area contributed by atoms with Crippen molar-refractivity contribution in [2.45, 2.75) is 18.9 Å². The topological polar surface area (TPSA) is 26.0 Å². The summed E-state index contributed by atoms with van der Waals surface area (Å²) in [4.78, 5) is 0. The van der Waals surface area contributed by atoms with Gasteiger partial charge >= 0.3 is 0 Å². The quantitative estimate of drug-likeness (QED) is 0.630. The lowest BCUT2D eigenvalue weighted by molar-refractivity contribution is 0.830. The van der Waals surface area contributed by atoms with Gasteiger partial charge in [-0.15, -0.1) is 0 Å². The van der Waals surface area contributed by atoms with Crippen LogP contribution in [-0.2, 0) is 6.54 Å². The first-order valence-electron chi connectivity index (χ1n) is 8.68. The van der Waals surface area contributed by atoms with Gasteiger partial charge in [0.15, 0.2) is 0 Å². The Balaban J connectivity index is 1.83. The molecule has 1 unspecified atom stereocenters. The minimum Gasteiger partial charge on any atom is -0.326 e. The molecule has 3 aromatic rings. The van der Waals surface area contributed by atoms with Gasteiger partial charge in [-0.25, -0.2) is 0 Å². The van der Waals surface area contributed by atoms with Crippen LogP contribution in [0.15, 0.2) is 84.9 Å². The largest absolute Gasteiger partial charge is 0.326 e. The third-order valence-electron chi connectivity index (χ3n) is 4.45. The van der Waals surface area contributed by atoms with Crippen LogP contribution in [0.3, 0.4) is 0 Å². The summed E-state index contributed by atoms with van der Waals surface area (Å²) in [7, 11) is 0. The molecule has 1 heteroatoms. The minimum atomic E-state index is 0.340. The van der Waals surface area contributed by atoms with Crippen LogP contribution >= 0.6 is 0 Å². The van der Waals surface area contributed by atoms with Gasteiger partial charge in [-0.05, 0) is 41.2 Å². The van der Waals surface area contributed by atoms with Crippen LogP contribution in [0.2, 0.25) is 0 Å². The number of allylic oxidation sites excluding steroid dienone is 1. The molecule has 1 nitrogen and oxygen atoms in total. The van der Waals surface area contributed by atoms with Gasteiger partial charge in [0.2, 0.25) is 0 Å². The summed E-state index contributed by atoms with van der Waals surface area (Å²) in [6.07, 6.45) is 5.38. The first-order valence-corrected chi connectivity index (χ1v) is 8.68. The van der Waals surface area contributed by atoms with E-state index in [0.29, 0.717) is 12.5 Å². The average Bonchev–Trinajstić information content (AvgIpc) is 2.66. The number of hydrogen-bond donors (Lipinski definition) is 1. The molecule has 25 heavy (non-hydrogen) atoms. The smallest absolute Gasteiger partial charge is 0.0178 e. The summed E-state index contributed by atoms with van der Waals surface area (Å²) in [6.45, 7) is 4.57. The molecule has 0 aliphatic rings. The fourth-order valence-electron chi connectivity index (χ4n) is 3.07. The van der Waals surface area contributed by atoms with Crippen molar-refractivity contribution in [3.63, 3.8) is 0 Å². The zero-order valence-corrected chi connectivity index (χ0v) is 14.4. The molecule has 0 bridgehead atoms. The minimum absolute atomic E-state index is 0.340. The predicted octanol–water partition coefficient (Wildman–Crippen LogP) is 5.56. The van der Waals surface area contributed by atoms with E-state index in [1.165, 1.54) is 22.3 Å². The zero-order valence-electron chi connectivity index (χ0n) is 14.4. The van der Waals surface area contributed by atoms with Crippen LogP contribution in [0.25, 0.3) is 6.08 Å². The van der Waals surface area contributed by atoms with Crippen molar-refractivity contribution in [1.82, 2.24) is 0 Å². The Morgan fingerprint density at radius 3 is 2.24 bits per heavy atom. The van der Waals surface area contributed by atoms with Crippen molar-refractivity contribution in [2.75, 3.05) is 0 Å². The van der Waals surface area contributed by atoms with Gasteiger partial charge in [-0.3, -0.25) is 0 Å². The molecule has 3 aromatic carbocycles. The van der Waals surface area contributed by atoms with Gasteiger partial charge in [0.05, 0.1) is 0 Å². The Morgan fingerprint density at radius 1 is 0.840 bits per heavy atom. The molecule has 0 aliphatic heterocycles. The number of rotatable bonds is 6. The van der Waals surface area contributed by atoms with Crippen LogP contribution < -0.4 is 5.73 Å². The Labute approximate surface area is 150 Å². The van der Waals surface area contributed by atoms with E-state index in [1.54, 1.807) is 0 Å². The van der Waals surface area contributed by atoms with Crippen LogP contribution in [0.4, 0.5) is 0 Å². The lowest BCUT2D eigenvalue weighted by Gasteiger charge is -2.17. The molecule has 1 atom stereocenters. The SMILES string of the molecule is [CH2]c1cccc(C=CCC(c2ccccc2)c2ccc(CN)cc2)c1. The summed E-state index contributed by atoms with van der Waals surface area (Å²) >= 11 is 0. The van der Waals surface area contributed by atoms with E-state index < -0.39 is 0 Å². The molecule has 0 spiro atoms. The Kier molecular flexibility index (Phi) is 5.81. The normalized spacial score (nSPS) is 12.4. The average molecular weight is 326 g/mol. The number of hydrogen-bond acceptors (Lipinski definition) is 1. The highest BCUT2D eigenvalue weighted by molar-refractivity contribution is 5.51. The van der Waals surface area contributed by atoms with E-state index >= 15 is 0 Å². The molecule has 0 aliphatic carbocycles. The molecule has 3 rings (SSSR count). The predicted molar refractivity (Wildman–Crippen MR) is 107 cm³/mol. The van der Waals surface area contributed by atoms with E-state index in [-0.39, 0.29) is 0 Å². The van der Waals surface area contributed by atoms with Gasteiger partial charge < -0.3 is 5.73 Å². The summed E-state index contributed by atoms with van der Waals surface area (Å²) in [5, 5.41) is 0. The Bertz CT molecular complexity index is 816. The van der Waals surface area contributed by atoms with Crippen molar-refractivity contribution in [1.29, 1.82) is 0 Å². The Hall–Kier alpha value is -2.64. The first-order chi connectivity index (χ1) is 12.3. The maximum absolute atomic E-state index is 5.73. The molecule has 1 radical (unpaired) electrons. The van der Waals surface area contributed by atoms with Crippen molar-refractivity contribution in [3.05, 3.63) is 120 Å². The van der Waals surface area contributed by atoms with Crippen LogP contribution in [0.1, 0.15) is 40.2 Å². The molecule has 0 heterocycles. The molecular formula is C24H24N. The van der Waals surface area contributed by atoms with Crippen molar-refractivity contribution >= 4 is 6.08 Å². The van der Waals surface area contributed by atoms with Gasteiger partial charge in [0.1, 0.15) is 0 Å². The lowest BCUT2D eigenvalue weighted by Crippen LogP contribution is -2.01. The van der Waals surface area contributed by atoms with Crippen molar-refractivity contribution < 1.29 is 0 Å². The van der Waals surface area contributed by atoms with Gasteiger partial charge in [0, 0.05) is 12.5 Å². The van der Waals surface area contributed by atoms with Crippen molar-refractivity contribution in [3.8, 4) is 0 Å². The highest BCUT2D eigenvalue weighted by Crippen LogP contribution is 2.29. The van der Waals surface area contributed by atoms with Crippen LogP contribution in [-0.4, -0.2) is 0 Å². The molecule has 0 aromatic heterocycles. The number of nitrogens with two attached hydrogens (primary N) is 1. The molecule has 125 valence electrons. The standard InChI is InChI=1S/C24H24N/c1-19-7-5-8-20(17-19)9-6-12-24(22-10-3-2-4-11-22)23-15-13-21(18-25)14-16-23/h2-11,13-17,24H,1,12,18,25H2. The summed E-state index contributed by atoms with van der Waals surface area (Å²) in [6, 6.07) is 27.6. The van der Waals surface area contributed by atoms with E-state index in [4.69, 9.17) is 5.73 Å². The van der Waals surface area contributed by atoms with E-state index in [1.807, 2.05) is 12.1 Å². The van der Waals surface area contributed by atoms with E-state index in [2.05, 4.69) is 85.8 Å². The third-order valence-corrected chi connectivity index (χ3v) is 4.45. The van der Waals surface area contributed by atoms with Gasteiger partial charge in [-0.1, -0.05) is 91.0 Å². The highest BCUT2D eigenvalue weighted by Gasteiger charge is 2.12. The van der Waals surface area contributed by atoms with Crippen molar-refractivity contribution in [2.24, 2.45) is 5.73 Å². The molecule has 0 saturated carbocycles. The van der Waals surface area contributed by atoms with Crippen LogP contribution in [0, 0.1) is 6.92 Å². The zero-order chi connectivity index (χ0) is 17.5. The fourth-order valence-corrected chi connectivity index (χ4v) is 3.07. The molecule has 0 fully saturated rings. The third kappa shape index (κ3) is 4.68. The second kappa shape index (κ2) is 8.46. The Morgan fingerprint density at radius 2 is 1.56 bits per heavy atom. The second-order valence-electron chi connectivity index (χ2n) is 6.29. The summed E-state index contributed by atoms with van der Waals surface area (Å²) in [5.41, 5.74) is 11.8. The monoisotopic (exact) mass is 326 g/mol. The van der Waals surface area contributed by atoms with Crippen LogP contribution in [0.5, 0.6) is 0 Å². The van der Waals surface area contributed by atoms with Gasteiger partial charge in [0.25, 0.3) is 0 Å². The van der Waals surface area contributed by atoms with E-state index in [0.717, 1.165) is 12.0 Å². The highest BCUT2D eigenvalue weighted by atomic mass is 14.5. The van der Waals surface area contributed by atoms with Gasteiger partial charge in [-0.2, -0.15) is 0 Å². The number of benzene rings is 3. The molecule has 0 amide bonds. The summed E-state index contributed by atoms with van der Waals surface area (Å²) < 4.78 is 0. The molecule has 0 saturated heterocycles. The maximum Gasteiger partial charge on any atom is 0.0178 e. The summed E-state index contributed by atoms with van der Waals surface area (Å²) in [5.74, 6) is 0.340. The molecule has 2 N–H and O–H groups in total. The molecular weight excluding hydrogens is 302 g/mol. The second-order valence-corrected chi connectivity index (χ2v) is 6.29. The fraction of sp³-hybridized carbons (Fsp3) is 0.125. The van der Waals surface area contributed by atoms with E-state index in [9.17, 15) is 0 Å².